The van der Waals surface area contributed by atoms with Gasteiger partial charge in [-0.15, -0.1) is 0 Å². The third-order valence-electron chi connectivity index (χ3n) is 4.45. The lowest BCUT2D eigenvalue weighted by atomic mass is 10.0. The molecule has 0 bridgehead atoms. The molecule has 8 heteroatoms. The van der Waals surface area contributed by atoms with Crippen molar-refractivity contribution in [3.8, 4) is 0 Å². The van der Waals surface area contributed by atoms with Crippen LogP contribution in [0.25, 0.3) is 5.65 Å². The molecule has 2 atom stereocenters. The second-order valence-corrected chi connectivity index (χ2v) is 5.97. The molecule has 1 aliphatic heterocycles. The quantitative estimate of drug-likeness (QED) is 0.765. The van der Waals surface area contributed by atoms with Crippen LogP contribution in [0.3, 0.4) is 0 Å². The summed E-state index contributed by atoms with van der Waals surface area (Å²) in [5.41, 5.74) is 1.75. The highest BCUT2D eigenvalue weighted by Crippen LogP contribution is 2.31. The average molecular weight is 336 g/mol. The topological polar surface area (TPSA) is 92.5 Å². The molecule has 0 spiro atoms. The van der Waals surface area contributed by atoms with E-state index in [1.165, 1.54) is 6.20 Å². The fourth-order valence-electron chi connectivity index (χ4n) is 3.24. The standard InChI is InChI=1S/C17H16N6O2/c1-22-14(24)8-13(15(22)11-4-2-5-18-9-11)21-17(25)12-10-20-23-7-3-6-19-16(12)23/h2-7,9-10,13,15H,8H2,1H3,(H,21,25)/t13-,15+/m1/s1. The van der Waals surface area contributed by atoms with Crippen LogP contribution in [0.15, 0.2) is 49.2 Å². The van der Waals surface area contributed by atoms with Gasteiger partial charge in [0, 0.05) is 38.3 Å². The summed E-state index contributed by atoms with van der Waals surface area (Å²) in [5, 5.41) is 7.09. The zero-order valence-electron chi connectivity index (χ0n) is 13.5. The van der Waals surface area contributed by atoms with Gasteiger partial charge >= 0.3 is 0 Å². The lowest BCUT2D eigenvalue weighted by Crippen LogP contribution is -2.39. The molecule has 1 saturated heterocycles. The highest BCUT2D eigenvalue weighted by Gasteiger charge is 2.39. The number of likely N-dealkylation sites (tertiary alicyclic amines) is 1. The SMILES string of the molecule is CN1C(=O)C[C@@H](NC(=O)c2cnn3cccnc23)[C@@H]1c1cccnc1. The normalized spacial score (nSPS) is 20.2. The molecular weight excluding hydrogens is 320 g/mol. The van der Waals surface area contributed by atoms with Gasteiger partial charge in [-0.2, -0.15) is 5.10 Å². The van der Waals surface area contributed by atoms with Crippen LogP contribution < -0.4 is 5.32 Å². The molecule has 25 heavy (non-hydrogen) atoms. The Morgan fingerprint density at radius 2 is 2.16 bits per heavy atom. The molecule has 4 heterocycles. The second kappa shape index (κ2) is 5.97. The third kappa shape index (κ3) is 2.61. The number of nitrogens with zero attached hydrogens (tertiary/aromatic N) is 5. The van der Waals surface area contributed by atoms with Crippen molar-refractivity contribution < 1.29 is 9.59 Å². The van der Waals surface area contributed by atoms with Crippen molar-refractivity contribution in [1.82, 2.24) is 29.8 Å². The molecule has 0 radical (unpaired) electrons. The van der Waals surface area contributed by atoms with Gasteiger partial charge in [0.2, 0.25) is 5.91 Å². The van der Waals surface area contributed by atoms with Crippen LogP contribution >= 0.6 is 0 Å². The first kappa shape index (κ1) is 15.3. The fraction of sp³-hybridized carbons (Fsp3) is 0.235. The average Bonchev–Trinajstić information content (AvgIpc) is 3.17. The molecule has 3 aromatic heterocycles. The van der Waals surface area contributed by atoms with Crippen LogP contribution in [0.2, 0.25) is 0 Å². The van der Waals surface area contributed by atoms with Crippen LogP contribution in [0, 0.1) is 0 Å². The van der Waals surface area contributed by atoms with Crippen molar-refractivity contribution in [2.45, 2.75) is 18.5 Å². The lowest BCUT2D eigenvalue weighted by molar-refractivity contribution is -0.127. The van der Waals surface area contributed by atoms with Gasteiger partial charge in [-0.25, -0.2) is 9.50 Å². The molecule has 1 aliphatic rings. The summed E-state index contributed by atoms with van der Waals surface area (Å²) in [4.78, 5) is 34.9. The van der Waals surface area contributed by atoms with Gasteiger partial charge in [0.15, 0.2) is 5.65 Å². The number of nitrogens with one attached hydrogen (secondary N) is 1. The van der Waals surface area contributed by atoms with Crippen LogP contribution in [0.1, 0.15) is 28.4 Å². The van der Waals surface area contributed by atoms with E-state index in [1.807, 2.05) is 12.1 Å². The molecule has 4 rings (SSSR count). The van der Waals surface area contributed by atoms with Gasteiger partial charge in [-0.05, 0) is 17.7 Å². The number of carbonyl (C=O) groups is 2. The van der Waals surface area contributed by atoms with Crippen molar-refractivity contribution in [3.05, 3.63) is 60.3 Å². The lowest BCUT2D eigenvalue weighted by Gasteiger charge is -2.25. The fourth-order valence-corrected chi connectivity index (χ4v) is 3.24. The second-order valence-electron chi connectivity index (χ2n) is 5.97. The molecule has 0 aromatic carbocycles. The summed E-state index contributed by atoms with van der Waals surface area (Å²) in [6.45, 7) is 0. The van der Waals surface area contributed by atoms with E-state index in [-0.39, 0.29) is 30.3 Å². The number of fused-ring (bicyclic) bond motifs is 1. The summed E-state index contributed by atoms with van der Waals surface area (Å²) >= 11 is 0. The number of likely N-dealkylation sites (N-methyl/N-ethyl adjacent to an activating group) is 1. The molecule has 126 valence electrons. The number of pyridine rings is 1. The van der Waals surface area contributed by atoms with E-state index in [0.717, 1.165) is 5.56 Å². The van der Waals surface area contributed by atoms with Crippen LogP contribution in [0.4, 0.5) is 0 Å². The Balaban J connectivity index is 1.62. The highest BCUT2D eigenvalue weighted by molar-refractivity contribution is 6.00. The number of aromatic nitrogens is 4. The molecule has 1 N–H and O–H groups in total. The van der Waals surface area contributed by atoms with Crippen LogP contribution in [-0.4, -0.2) is 49.4 Å². The zero-order chi connectivity index (χ0) is 17.4. The number of carbonyl (C=O) groups excluding carboxylic acids is 2. The number of hydrogen-bond donors (Lipinski definition) is 1. The monoisotopic (exact) mass is 336 g/mol. The first-order valence-electron chi connectivity index (χ1n) is 7.90. The summed E-state index contributed by atoms with van der Waals surface area (Å²) < 4.78 is 1.54. The predicted molar refractivity (Wildman–Crippen MR) is 88.6 cm³/mol. The first-order valence-corrected chi connectivity index (χ1v) is 7.90. The van der Waals surface area contributed by atoms with E-state index in [4.69, 9.17) is 0 Å². The molecule has 0 saturated carbocycles. The van der Waals surface area contributed by atoms with Gasteiger partial charge in [-0.1, -0.05) is 6.07 Å². The Bertz CT molecular complexity index is 938. The summed E-state index contributed by atoms with van der Waals surface area (Å²) in [5.74, 6) is -0.312. The molecule has 0 aliphatic carbocycles. The minimum Gasteiger partial charge on any atom is -0.346 e. The van der Waals surface area contributed by atoms with E-state index >= 15 is 0 Å². The van der Waals surface area contributed by atoms with Gasteiger partial charge in [0.1, 0.15) is 5.56 Å². The highest BCUT2D eigenvalue weighted by atomic mass is 16.2. The minimum atomic E-state index is -0.340. The van der Waals surface area contributed by atoms with Crippen LogP contribution in [0.5, 0.6) is 0 Å². The Hall–Kier alpha value is -3.29. The molecule has 1 fully saturated rings. The van der Waals surface area contributed by atoms with Gasteiger partial charge in [0.25, 0.3) is 5.91 Å². The van der Waals surface area contributed by atoms with Crippen molar-refractivity contribution in [3.63, 3.8) is 0 Å². The van der Waals surface area contributed by atoms with E-state index in [1.54, 1.807) is 47.3 Å². The largest absolute Gasteiger partial charge is 0.346 e. The van der Waals surface area contributed by atoms with Gasteiger partial charge < -0.3 is 10.2 Å². The first-order chi connectivity index (χ1) is 12.1. The molecule has 8 nitrogen and oxygen atoms in total. The van der Waals surface area contributed by atoms with Crippen molar-refractivity contribution in [1.29, 1.82) is 0 Å². The van der Waals surface area contributed by atoms with Crippen molar-refractivity contribution in [2.75, 3.05) is 7.05 Å². The molecule has 0 unspecified atom stereocenters. The Morgan fingerprint density at radius 3 is 2.96 bits per heavy atom. The van der Waals surface area contributed by atoms with Gasteiger partial charge in [0.05, 0.1) is 18.3 Å². The maximum Gasteiger partial charge on any atom is 0.257 e. The number of rotatable bonds is 3. The van der Waals surface area contributed by atoms with Gasteiger partial charge in [-0.3, -0.25) is 14.6 Å². The summed E-state index contributed by atoms with van der Waals surface area (Å²) in [6.07, 6.45) is 8.46. The van der Waals surface area contributed by atoms with Crippen LogP contribution in [-0.2, 0) is 4.79 Å². The Labute approximate surface area is 143 Å². The van der Waals surface area contributed by atoms with E-state index < -0.39 is 0 Å². The molecule has 2 amide bonds. The van der Waals surface area contributed by atoms with Crippen molar-refractivity contribution >= 4 is 17.5 Å². The predicted octanol–water partition coefficient (Wildman–Crippen LogP) is 0.826. The Kier molecular flexibility index (Phi) is 3.64. The maximum absolute atomic E-state index is 12.7. The number of amides is 2. The Morgan fingerprint density at radius 1 is 1.28 bits per heavy atom. The molecular formula is C17H16N6O2. The van der Waals surface area contributed by atoms with Crippen molar-refractivity contribution in [2.24, 2.45) is 0 Å². The van der Waals surface area contributed by atoms with E-state index in [0.29, 0.717) is 11.2 Å². The third-order valence-corrected chi connectivity index (χ3v) is 4.45. The summed E-state index contributed by atoms with van der Waals surface area (Å²) in [6, 6.07) is 4.88. The van der Waals surface area contributed by atoms with E-state index in [2.05, 4.69) is 20.4 Å². The molecule has 3 aromatic rings. The maximum atomic E-state index is 12.7. The van der Waals surface area contributed by atoms with E-state index in [9.17, 15) is 9.59 Å². The number of hydrogen-bond acceptors (Lipinski definition) is 5. The minimum absolute atomic E-state index is 0.0165. The summed E-state index contributed by atoms with van der Waals surface area (Å²) in [7, 11) is 1.74. The smallest absolute Gasteiger partial charge is 0.257 e. The zero-order valence-corrected chi connectivity index (χ0v) is 13.5.